The Morgan fingerprint density at radius 3 is 2.33 bits per heavy atom. The lowest BCUT2D eigenvalue weighted by Gasteiger charge is -2.36. The van der Waals surface area contributed by atoms with Crippen LogP contribution < -0.4 is 0 Å². The molecule has 4 atom stereocenters. The molecular weight excluding hydrogens is 184 g/mol. The van der Waals surface area contributed by atoms with Crippen LogP contribution >= 0.6 is 0 Å². The Hall–Kier alpha value is -0.590. The summed E-state index contributed by atoms with van der Waals surface area (Å²) in [6.45, 7) is 3.92. The molecule has 3 aliphatic rings. The number of Topliss-reactive ketones (excluding diaryl/α,β-unsaturated/α-hetero) is 1. The van der Waals surface area contributed by atoms with E-state index in [0.717, 1.165) is 30.1 Å². The molecular formula is C14H20O. The van der Waals surface area contributed by atoms with Gasteiger partial charge in [-0.05, 0) is 75.2 Å². The minimum absolute atomic E-state index is 0.328. The van der Waals surface area contributed by atoms with Gasteiger partial charge in [0, 0.05) is 0 Å². The van der Waals surface area contributed by atoms with Crippen molar-refractivity contribution in [3.05, 3.63) is 11.1 Å². The summed E-state index contributed by atoms with van der Waals surface area (Å²) in [7, 11) is 0. The molecule has 0 spiro atoms. The standard InChI is InChI=1S/C14H20O/c1-8-5-13-10-3-4-11(6-10)14(13)7-12(8)9(2)15/h10-11,13-14H,3-7H2,1-2H3/t10-,11+,13+,14-/m1/s1. The van der Waals surface area contributed by atoms with E-state index in [1.54, 1.807) is 6.92 Å². The van der Waals surface area contributed by atoms with E-state index in [1.165, 1.54) is 36.8 Å². The van der Waals surface area contributed by atoms with Gasteiger partial charge in [-0.1, -0.05) is 5.57 Å². The molecule has 0 unspecified atom stereocenters. The molecule has 0 heterocycles. The second-order valence-electron chi connectivity index (χ2n) is 5.88. The molecule has 0 aromatic rings. The third-order valence-electron chi connectivity index (χ3n) is 5.20. The van der Waals surface area contributed by atoms with Gasteiger partial charge in [-0.25, -0.2) is 0 Å². The second kappa shape index (κ2) is 3.20. The molecule has 1 heteroatoms. The molecule has 0 aliphatic heterocycles. The van der Waals surface area contributed by atoms with Gasteiger partial charge >= 0.3 is 0 Å². The van der Waals surface area contributed by atoms with Crippen molar-refractivity contribution in [1.29, 1.82) is 0 Å². The minimum Gasteiger partial charge on any atom is -0.295 e. The van der Waals surface area contributed by atoms with Gasteiger partial charge in [-0.2, -0.15) is 0 Å². The van der Waals surface area contributed by atoms with Crippen LogP contribution in [-0.2, 0) is 4.79 Å². The summed E-state index contributed by atoms with van der Waals surface area (Å²) in [5, 5.41) is 0. The summed E-state index contributed by atoms with van der Waals surface area (Å²) in [6.07, 6.45) is 6.70. The maximum atomic E-state index is 11.5. The molecule has 82 valence electrons. The first-order valence-electron chi connectivity index (χ1n) is 6.36. The molecule has 2 bridgehead atoms. The van der Waals surface area contributed by atoms with Gasteiger partial charge < -0.3 is 0 Å². The van der Waals surface area contributed by atoms with Crippen LogP contribution in [0.15, 0.2) is 11.1 Å². The second-order valence-corrected chi connectivity index (χ2v) is 5.88. The maximum absolute atomic E-state index is 11.5. The number of rotatable bonds is 1. The van der Waals surface area contributed by atoms with Crippen molar-refractivity contribution < 1.29 is 4.79 Å². The molecule has 0 radical (unpaired) electrons. The van der Waals surface area contributed by atoms with Gasteiger partial charge in [0.15, 0.2) is 5.78 Å². The molecule has 2 saturated carbocycles. The number of ketones is 1. The van der Waals surface area contributed by atoms with Gasteiger partial charge in [-0.3, -0.25) is 4.79 Å². The fourth-order valence-electron chi connectivity index (χ4n) is 4.50. The zero-order chi connectivity index (χ0) is 10.6. The number of allylic oxidation sites excluding steroid dienone is 2. The average Bonchev–Trinajstić information content (AvgIpc) is 2.76. The average molecular weight is 204 g/mol. The Morgan fingerprint density at radius 1 is 1.13 bits per heavy atom. The van der Waals surface area contributed by atoms with E-state index in [4.69, 9.17) is 0 Å². The molecule has 2 fully saturated rings. The molecule has 3 rings (SSSR count). The van der Waals surface area contributed by atoms with Gasteiger partial charge in [0.1, 0.15) is 0 Å². The third-order valence-corrected chi connectivity index (χ3v) is 5.20. The number of hydrogen-bond acceptors (Lipinski definition) is 1. The number of fused-ring (bicyclic) bond motifs is 5. The quantitative estimate of drug-likeness (QED) is 0.640. The SMILES string of the molecule is CC(=O)C1=C(C)C[C@H]2[C@@H]3CC[C@@H](C3)[C@H]2C1. The summed E-state index contributed by atoms with van der Waals surface area (Å²) < 4.78 is 0. The molecule has 0 amide bonds. The number of carbonyl (C=O) groups excluding carboxylic acids is 1. The number of hydrogen-bond donors (Lipinski definition) is 0. The van der Waals surface area contributed by atoms with Crippen LogP contribution in [0.25, 0.3) is 0 Å². The molecule has 0 saturated heterocycles. The van der Waals surface area contributed by atoms with E-state index in [2.05, 4.69) is 6.92 Å². The van der Waals surface area contributed by atoms with Crippen LogP contribution in [-0.4, -0.2) is 5.78 Å². The Bertz CT molecular complexity index is 339. The van der Waals surface area contributed by atoms with E-state index >= 15 is 0 Å². The van der Waals surface area contributed by atoms with Crippen LogP contribution in [0.4, 0.5) is 0 Å². The zero-order valence-corrected chi connectivity index (χ0v) is 9.75. The summed E-state index contributed by atoms with van der Waals surface area (Å²) in [5.74, 6) is 4.10. The third kappa shape index (κ3) is 1.32. The van der Waals surface area contributed by atoms with E-state index in [1.807, 2.05) is 0 Å². The van der Waals surface area contributed by atoms with Crippen LogP contribution in [0, 0.1) is 23.7 Å². The van der Waals surface area contributed by atoms with Crippen LogP contribution in [0.3, 0.4) is 0 Å². The first-order chi connectivity index (χ1) is 7.16. The van der Waals surface area contributed by atoms with Crippen LogP contribution in [0.1, 0.15) is 46.0 Å². The maximum Gasteiger partial charge on any atom is 0.155 e. The summed E-state index contributed by atoms with van der Waals surface area (Å²) in [6, 6.07) is 0. The van der Waals surface area contributed by atoms with E-state index < -0.39 is 0 Å². The lowest BCUT2D eigenvalue weighted by molar-refractivity contribution is -0.114. The van der Waals surface area contributed by atoms with E-state index in [-0.39, 0.29) is 0 Å². The molecule has 0 aromatic heterocycles. The molecule has 1 nitrogen and oxygen atoms in total. The Kier molecular flexibility index (Phi) is 2.05. The van der Waals surface area contributed by atoms with Crippen molar-refractivity contribution >= 4 is 5.78 Å². The van der Waals surface area contributed by atoms with Gasteiger partial charge in [-0.15, -0.1) is 0 Å². The normalized spacial score (nSPS) is 43.3. The first kappa shape index (κ1) is 9.62. The molecule has 0 N–H and O–H groups in total. The molecule has 3 aliphatic carbocycles. The number of carbonyl (C=O) groups is 1. The van der Waals surface area contributed by atoms with Crippen LogP contribution in [0.2, 0.25) is 0 Å². The van der Waals surface area contributed by atoms with E-state index in [0.29, 0.717) is 5.78 Å². The predicted octanol–water partition coefficient (Wildman–Crippen LogP) is 3.35. The highest BCUT2D eigenvalue weighted by Crippen LogP contribution is 2.58. The first-order valence-corrected chi connectivity index (χ1v) is 6.36. The lowest BCUT2D eigenvalue weighted by atomic mass is 9.68. The fourth-order valence-corrected chi connectivity index (χ4v) is 4.50. The Labute approximate surface area is 91.9 Å². The lowest BCUT2D eigenvalue weighted by Crippen LogP contribution is -2.28. The minimum atomic E-state index is 0.328. The van der Waals surface area contributed by atoms with Crippen molar-refractivity contribution in [3.8, 4) is 0 Å². The Morgan fingerprint density at radius 2 is 1.73 bits per heavy atom. The highest BCUT2D eigenvalue weighted by Gasteiger charge is 2.49. The van der Waals surface area contributed by atoms with Crippen molar-refractivity contribution in [1.82, 2.24) is 0 Å². The monoisotopic (exact) mass is 204 g/mol. The van der Waals surface area contributed by atoms with Crippen molar-refractivity contribution in [2.75, 3.05) is 0 Å². The summed E-state index contributed by atoms with van der Waals surface area (Å²) >= 11 is 0. The highest BCUT2D eigenvalue weighted by atomic mass is 16.1. The van der Waals surface area contributed by atoms with Gasteiger partial charge in [0.25, 0.3) is 0 Å². The van der Waals surface area contributed by atoms with Gasteiger partial charge in [0.2, 0.25) is 0 Å². The summed E-state index contributed by atoms with van der Waals surface area (Å²) in [4.78, 5) is 11.5. The molecule has 0 aromatic carbocycles. The summed E-state index contributed by atoms with van der Waals surface area (Å²) in [5.41, 5.74) is 2.57. The fraction of sp³-hybridized carbons (Fsp3) is 0.786. The predicted molar refractivity (Wildman–Crippen MR) is 60.4 cm³/mol. The smallest absolute Gasteiger partial charge is 0.155 e. The van der Waals surface area contributed by atoms with Crippen molar-refractivity contribution in [2.24, 2.45) is 23.7 Å². The van der Waals surface area contributed by atoms with Crippen molar-refractivity contribution in [3.63, 3.8) is 0 Å². The van der Waals surface area contributed by atoms with Crippen LogP contribution in [0.5, 0.6) is 0 Å². The van der Waals surface area contributed by atoms with Crippen molar-refractivity contribution in [2.45, 2.75) is 46.0 Å². The van der Waals surface area contributed by atoms with E-state index in [9.17, 15) is 4.79 Å². The van der Waals surface area contributed by atoms with Gasteiger partial charge in [0.05, 0.1) is 0 Å². The highest BCUT2D eigenvalue weighted by molar-refractivity contribution is 5.94. The largest absolute Gasteiger partial charge is 0.295 e. The molecule has 15 heavy (non-hydrogen) atoms. The Balaban J connectivity index is 1.90. The zero-order valence-electron chi connectivity index (χ0n) is 9.75. The topological polar surface area (TPSA) is 17.1 Å².